The maximum Gasteiger partial charge on any atom is 0.168 e. The van der Waals surface area contributed by atoms with Crippen LogP contribution in [0.2, 0.25) is 0 Å². The van der Waals surface area contributed by atoms with Crippen LogP contribution in [0.25, 0.3) is 0 Å². The largest absolute Gasteiger partial charge is 0.490 e. The van der Waals surface area contributed by atoms with Crippen LogP contribution in [0.1, 0.15) is 20.3 Å². The second kappa shape index (κ2) is 7.06. The van der Waals surface area contributed by atoms with E-state index in [-0.39, 0.29) is 0 Å². The lowest BCUT2D eigenvalue weighted by atomic mass is 10.2. The van der Waals surface area contributed by atoms with Crippen molar-refractivity contribution in [3.8, 4) is 5.75 Å². The van der Waals surface area contributed by atoms with Crippen molar-refractivity contribution < 1.29 is 9.47 Å². The van der Waals surface area contributed by atoms with Gasteiger partial charge in [0.1, 0.15) is 0 Å². The fourth-order valence-corrected chi connectivity index (χ4v) is 1.37. The van der Waals surface area contributed by atoms with Crippen molar-refractivity contribution in [2.24, 2.45) is 0 Å². The van der Waals surface area contributed by atoms with Crippen LogP contribution in [-0.4, -0.2) is 31.3 Å². The maximum atomic E-state index is 5.49. The molecule has 16 heavy (non-hydrogen) atoms. The summed E-state index contributed by atoms with van der Waals surface area (Å²) in [5, 5.41) is 3.31. The van der Waals surface area contributed by atoms with Gasteiger partial charge in [-0.15, -0.1) is 0 Å². The minimum absolute atomic E-state index is 0.314. The first-order valence-corrected chi connectivity index (χ1v) is 5.61. The summed E-state index contributed by atoms with van der Waals surface area (Å²) in [5.41, 5.74) is 0. The van der Waals surface area contributed by atoms with Crippen molar-refractivity contribution >= 4 is 5.82 Å². The van der Waals surface area contributed by atoms with E-state index in [0.29, 0.717) is 12.6 Å². The van der Waals surface area contributed by atoms with Gasteiger partial charge in [0.15, 0.2) is 11.6 Å². The molecule has 0 radical (unpaired) electrons. The molecule has 4 heteroatoms. The molecule has 0 aliphatic heterocycles. The van der Waals surface area contributed by atoms with Gasteiger partial charge in [0, 0.05) is 26.0 Å². The molecule has 0 amide bonds. The first-order valence-electron chi connectivity index (χ1n) is 5.61. The van der Waals surface area contributed by atoms with Crippen molar-refractivity contribution in [2.75, 3.05) is 25.6 Å². The minimum Gasteiger partial charge on any atom is -0.490 e. The summed E-state index contributed by atoms with van der Waals surface area (Å²) in [5.74, 6) is 1.60. The maximum absolute atomic E-state index is 5.49. The number of hydrogen-bond acceptors (Lipinski definition) is 4. The molecule has 0 aromatic carbocycles. The Kier molecular flexibility index (Phi) is 5.64. The number of pyridine rings is 1. The first kappa shape index (κ1) is 12.8. The lowest BCUT2D eigenvalue weighted by molar-refractivity contribution is 0.191. The average molecular weight is 224 g/mol. The van der Waals surface area contributed by atoms with Crippen molar-refractivity contribution in [3.05, 3.63) is 18.3 Å². The standard InChI is InChI=1S/C12H20N2O2/c1-4-16-11-6-5-8-13-12(11)14-10(2)7-9-15-3/h5-6,8,10H,4,7,9H2,1-3H3,(H,13,14). The summed E-state index contributed by atoms with van der Waals surface area (Å²) < 4.78 is 10.5. The number of anilines is 1. The van der Waals surface area contributed by atoms with E-state index in [1.54, 1.807) is 13.3 Å². The zero-order valence-electron chi connectivity index (χ0n) is 10.2. The first-order chi connectivity index (χ1) is 7.77. The predicted octanol–water partition coefficient (Wildman–Crippen LogP) is 2.32. The van der Waals surface area contributed by atoms with Gasteiger partial charge in [0.2, 0.25) is 0 Å². The molecule has 0 aliphatic rings. The second-order valence-electron chi connectivity index (χ2n) is 3.61. The third-order valence-corrected chi connectivity index (χ3v) is 2.21. The number of rotatable bonds is 7. The van der Waals surface area contributed by atoms with Gasteiger partial charge in [-0.25, -0.2) is 4.98 Å². The Bertz CT molecular complexity index is 305. The normalized spacial score (nSPS) is 12.2. The fraction of sp³-hybridized carbons (Fsp3) is 0.583. The molecule has 1 unspecified atom stereocenters. The predicted molar refractivity (Wildman–Crippen MR) is 65.0 cm³/mol. The average Bonchev–Trinajstić information content (AvgIpc) is 2.29. The van der Waals surface area contributed by atoms with E-state index in [4.69, 9.17) is 9.47 Å². The summed E-state index contributed by atoms with van der Waals surface area (Å²) >= 11 is 0. The molecule has 1 N–H and O–H groups in total. The van der Waals surface area contributed by atoms with Gasteiger partial charge in [-0.3, -0.25) is 0 Å². The van der Waals surface area contributed by atoms with E-state index in [2.05, 4.69) is 17.2 Å². The van der Waals surface area contributed by atoms with Gasteiger partial charge in [0.25, 0.3) is 0 Å². The smallest absolute Gasteiger partial charge is 0.168 e. The summed E-state index contributed by atoms with van der Waals surface area (Å²) in [6.45, 7) is 5.45. The zero-order chi connectivity index (χ0) is 11.8. The van der Waals surface area contributed by atoms with E-state index in [1.807, 2.05) is 19.1 Å². The van der Waals surface area contributed by atoms with Gasteiger partial charge in [-0.1, -0.05) is 0 Å². The van der Waals surface area contributed by atoms with E-state index in [0.717, 1.165) is 24.6 Å². The molecule has 90 valence electrons. The summed E-state index contributed by atoms with van der Waals surface area (Å²) in [6.07, 6.45) is 2.70. The number of aromatic nitrogens is 1. The van der Waals surface area contributed by atoms with Crippen molar-refractivity contribution in [1.29, 1.82) is 0 Å². The Morgan fingerprint density at radius 1 is 1.50 bits per heavy atom. The van der Waals surface area contributed by atoms with Crippen molar-refractivity contribution in [3.63, 3.8) is 0 Å². The molecule has 1 aromatic rings. The molecule has 1 atom stereocenters. The molecule has 1 aromatic heterocycles. The quantitative estimate of drug-likeness (QED) is 0.772. The van der Waals surface area contributed by atoms with Gasteiger partial charge in [-0.2, -0.15) is 0 Å². The Morgan fingerprint density at radius 3 is 3.00 bits per heavy atom. The topological polar surface area (TPSA) is 43.4 Å². The van der Waals surface area contributed by atoms with Crippen molar-refractivity contribution in [1.82, 2.24) is 4.98 Å². The molecular formula is C12H20N2O2. The number of nitrogens with zero attached hydrogens (tertiary/aromatic N) is 1. The van der Waals surface area contributed by atoms with E-state index >= 15 is 0 Å². The molecule has 4 nitrogen and oxygen atoms in total. The van der Waals surface area contributed by atoms with Crippen LogP contribution < -0.4 is 10.1 Å². The van der Waals surface area contributed by atoms with Crippen LogP contribution in [0.3, 0.4) is 0 Å². The molecule has 1 heterocycles. The number of methoxy groups -OCH3 is 1. The Hall–Kier alpha value is -1.29. The molecule has 1 rings (SSSR count). The zero-order valence-corrected chi connectivity index (χ0v) is 10.2. The molecule has 0 bridgehead atoms. The monoisotopic (exact) mass is 224 g/mol. The molecular weight excluding hydrogens is 204 g/mol. The van der Waals surface area contributed by atoms with E-state index in [9.17, 15) is 0 Å². The third-order valence-electron chi connectivity index (χ3n) is 2.21. The molecule has 0 aliphatic carbocycles. The van der Waals surface area contributed by atoms with Crippen LogP contribution in [-0.2, 0) is 4.74 Å². The van der Waals surface area contributed by atoms with Crippen LogP contribution in [0.15, 0.2) is 18.3 Å². The van der Waals surface area contributed by atoms with Gasteiger partial charge >= 0.3 is 0 Å². The van der Waals surface area contributed by atoms with Gasteiger partial charge in [0.05, 0.1) is 6.61 Å². The summed E-state index contributed by atoms with van der Waals surface area (Å²) in [7, 11) is 1.71. The SMILES string of the molecule is CCOc1cccnc1NC(C)CCOC. The van der Waals surface area contributed by atoms with Crippen LogP contribution in [0.5, 0.6) is 5.75 Å². The highest BCUT2D eigenvalue weighted by Gasteiger charge is 2.07. The lowest BCUT2D eigenvalue weighted by Crippen LogP contribution is -2.18. The number of nitrogens with one attached hydrogen (secondary N) is 1. The minimum atomic E-state index is 0.314. The van der Waals surface area contributed by atoms with Gasteiger partial charge in [-0.05, 0) is 32.4 Å². The highest BCUT2D eigenvalue weighted by Crippen LogP contribution is 2.21. The Balaban J connectivity index is 2.57. The van der Waals surface area contributed by atoms with E-state index in [1.165, 1.54) is 0 Å². The summed E-state index contributed by atoms with van der Waals surface area (Å²) in [6, 6.07) is 4.10. The summed E-state index contributed by atoms with van der Waals surface area (Å²) in [4.78, 5) is 4.27. The second-order valence-corrected chi connectivity index (χ2v) is 3.61. The van der Waals surface area contributed by atoms with Crippen LogP contribution in [0.4, 0.5) is 5.82 Å². The lowest BCUT2D eigenvalue weighted by Gasteiger charge is -2.16. The number of ether oxygens (including phenoxy) is 2. The van der Waals surface area contributed by atoms with Gasteiger partial charge < -0.3 is 14.8 Å². The Labute approximate surface area is 97.0 Å². The molecule has 0 saturated carbocycles. The molecule has 0 fully saturated rings. The van der Waals surface area contributed by atoms with Crippen LogP contribution >= 0.6 is 0 Å². The van der Waals surface area contributed by atoms with Crippen molar-refractivity contribution in [2.45, 2.75) is 26.3 Å². The third kappa shape index (κ3) is 4.06. The van der Waals surface area contributed by atoms with Crippen LogP contribution in [0, 0.1) is 0 Å². The highest BCUT2D eigenvalue weighted by molar-refractivity contribution is 5.49. The molecule has 0 saturated heterocycles. The fourth-order valence-electron chi connectivity index (χ4n) is 1.37. The highest BCUT2D eigenvalue weighted by atomic mass is 16.5. The Morgan fingerprint density at radius 2 is 2.31 bits per heavy atom. The number of hydrogen-bond donors (Lipinski definition) is 1. The van der Waals surface area contributed by atoms with E-state index < -0.39 is 0 Å². The molecule has 0 spiro atoms.